The summed E-state index contributed by atoms with van der Waals surface area (Å²) >= 11 is 3.40. The number of hydrogen-bond donors (Lipinski definition) is 2. The highest BCUT2D eigenvalue weighted by atomic mass is 79.9. The summed E-state index contributed by atoms with van der Waals surface area (Å²) in [5, 5.41) is 14.8. The lowest BCUT2D eigenvalue weighted by Gasteiger charge is -2.09. The molecule has 10 nitrogen and oxygen atoms in total. The minimum atomic E-state index is -0.398. The standard InChI is InChI=1S/C19H14BrN7O3/c1-29-19(28)12-4-2-11(3-5-12)10-21-25-16-15(22-14-8-6-13(20)7-9-14)23-17-18(24-16)27-30-26-17/h2-10H,1H3,(H,22,23,26)(H,24,25,27)/b21-10+. The minimum Gasteiger partial charge on any atom is -0.465 e. The Morgan fingerprint density at radius 1 is 1.03 bits per heavy atom. The molecule has 4 aromatic rings. The van der Waals surface area contributed by atoms with Gasteiger partial charge in [-0.05, 0) is 52.3 Å². The first-order valence-corrected chi connectivity index (χ1v) is 9.42. The number of methoxy groups -OCH3 is 1. The summed E-state index contributed by atoms with van der Waals surface area (Å²) in [6.07, 6.45) is 1.58. The van der Waals surface area contributed by atoms with E-state index in [0.29, 0.717) is 17.2 Å². The Kier molecular flexibility index (Phi) is 5.61. The number of nitrogens with one attached hydrogen (secondary N) is 2. The molecule has 0 amide bonds. The number of esters is 1. The Bertz CT molecular complexity index is 1210. The number of aromatic nitrogens is 4. The lowest BCUT2D eigenvalue weighted by atomic mass is 10.1. The number of ether oxygens (including phenoxy) is 1. The van der Waals surface area contributed by atoms with Gasteiger partial charge in [-0.2, -0.15) is 10.1 Å². The van der Waals surface area contributed by atoms with Crippen LogP contribution < -0.4 is 10.7 Å². The molecule has 4 rings (SSSR count). The molecule has 2 heterocycles. The first-order valence-electron chi connectivity index (χ1n) is 8.63. The zero-order valence-corrected chi connectivity index (χ0v) is 17.1. The summed E-state index contributed by atoms with van der Waals surface area (Å²) < 4.78 is 10.3. The van der Waals surface area contributed by atoms with Gasteiger partial charge >= 0.3 is 5.97 Å². The Morgan fingerprint density at radius 3 is 2.37 bits per heavy atom. The van der Waals surface area contributed by atoms with E-state index in [4.69, 9.17) is 4.63 Å². The van der Waals surface area contributed by atoms with Gasteiger partial charge in [0.05, 0.1) is 18.9 Å². The molecule has 0 bridgehead atoms. The zero-order chi connectivity index (χ0) is 20.9. The summed E-state index contributed by atoms with van der Waals surface area (Å²) in [6, 6.07) is 14.4. The van der Waals surface area contributed by atoms with E-state index < -0.39 is 5.97 Å². The van der Waals surface area contributed by atoms with Crippen LogP contribution in [0.3, 0.4) is 0 Å². The van der Waals surface area contributed by atoms with E-state index in [1.165, 1.54) is 7.11 Å². The normalized spacial score (nSPS) is 11.0. The van der Waals surface area contributed by atoms with Crippen LogP contribution in [-0.4, -0.2) is 39.6 Å². The van der Waals surface area contributed by atoms with Crippen LogP contribution in [-0.2, 0) is 4.74 Å². The number of hydrazone groups is 1. The highest BCUT2D eigenvalue weighted by molar-refractivity contribution is 9.10. The second-order valence-electron chi connectivity index (χ2n) is 5.95. The average Bonchev–Trinajstić information content (AvgIpc) is 3.22. The third-order valence-electron chi connectivity index (χ3n) is 3.94. The van der Waals surface area contributed by atoms with Gasteiger partial charge in [-0.15, -0.1) is 0 Å². The number of anilines is 3. The molecule has 0 atom stereocenters. The van der Waals surface area contributed by atoms with Crippen LogP contribution in [0.15, 0.2) is 62.7 Å². The molecule has 0 aliphatic heterocycles. The Hall–Kier alpha value is -3.86. The number of fused-ring (bicyclic) bond motifs is 1. The number of rotatable bonds is 6. The van der Waals surface area contributed by atoms with Crippen molar-refractivity contribution in [2.24, 2.45) is 5.10 Å². The largest absolute Gasteiger partial charge is 0.465 e. The third-order valence-corrected chi connectivity index (χ3v) is 4.47. The van der Waals surface area contributed by atoms with E-state index in [9.17, 15) is 4.79 Å². The predicted octanol–water partition coefficient (Wildman–Crippen LogP) is 3.75. The molecule has 2 N–H and O–H groups in total. The van der Waals surface area contributed by atoms with Crippen molar-refractivity contribution in [1.82, 2.24) is 20.3 Å². The van der Waals surface area contributed by atoms with Crippen LogP contribution in [0, 0.1) is 0 Å². The molecule has 0 unspecified atom stereocenters. The van der Waals surface area contributed by atoms with Crippen LogP contribution >= 0.6 is 15.9 Å². The molecule has 0 aliphatic carbocycles. The first kappa shape index (κ1) is 19.5. The molecule has 0 saturated carbocycles. The Balaban J connectivity index is 1.55. The molecular weight excluding hydrogens is 454 g/mol. The van der Waals surface area contributed by atoms with Gasteiger partial charge in [-0.3, -0.25) is 5.43 Å². The van der Waals surface area contributed by atoms with Gasteiger partial charge in [0, 0.05) is 10.2 Å². The smallest absolute Gasteiger partial charge is 0.337 e. The van der Waals surface area contributed by atoms with Gasteiger partial charge < -0.3 is 10.1 Å². The van der Waals surface area contributed by atoms with Crippen LogP contribution in [0.2, 0.25) is 0 Å². The van der Waals surface area contributed by atoms with Crippen molar-refractivity contribution in [2.45, 2.75) is 0 Å². The van der Waals surface area contributed by atoms with E-state index >= 15 is 0 Å². The van der Waals surface area contributed by atoms with Crippen LogP contribution in [0.4, 0.5) is 17.3 Å². The number of nitrogens with zero attached hydrogens (tertiary/aromatic N) is 5. The molecule has 2 aromatic carbocycles. The van der Waals surface area contributed by atoms with Gasteiger partial charge in [0.15, 0.2) is 11.6 Å². The van der Waals surface area contributed by atoms with Crippen molar-refractivity contribution in [2.75, 3.05) is 17.9 Å². The maximum Gasteiger partial charge on any atom is 0.337 e. The van der Waals surface area contributed by atoms with Crippen molar-refractivity contribution in [3.05, 3.63) is 64.1 Å². The van der Waals surface area contributed by atoms with Crippen molar-refractivity contribution < 1.29 is 14.2 Å². The topological polar surface area (TPSA) is 127 Å². The quantitative estimate of drug-likeness (QED) is 0.247. The van der Waals surface area contributed by atoms with Gasteiger partial charge in [-0.25, -0.2) is 14.4 Å². The fraction of sp³-hybridized carbons (Fsp3) is 0.0526. The zero-order valence-electron chi connectivity index (χ0n) is 15.5. The number of halogens is 1. The molecular formula is C19H14BrN7O3. The Labute approximate surface area is 178 Å². The number of carbonyl (C=O) groups is 1. The van der Waals surface area contributed by atoms with Gasteiger partial charge in [-0.1, -0.05) is 28.1 Å². The van der Waals surface area contributed by atoms with E-state index in [-0.39, 0.29) is 11.3 Å². The van der Waals surface area contributed by atoms with E-state index in [2.05, 4.69) is 56.8 Å². The second kappa shape index (κ2) is 8.66. The minimum absolute atomic E-state index is 0.247. The molecule has 150 valence electrons. The molecule has 0 spiro atoms. The molecule has 11 heteroatoms. The van der Waals surface area contributed by atoms with Gasteiger partial charge in [0.1, 0.15) is 0 Å². The van der Waals surface area contributed by atoms with E-state index in [0.717, 1.165) is 15.7 Å². The third kappa shape index (κ3) is 4.41. The fourth-order valence-electron chi connectivity index (χ4n) is 2.46. The van der Waals surface area contributed by atoms with Crippen molar-refractivity contribution in [3.63, 3.8) is 0 Å². The summed E-state index contributed by atoms with van der Waals surface area (Å²) in [7, 11) is 1.34. The van der Waals surface area contributed by atoms with Crippen molar-refractivity contribution in [3.8, 4) is 0 Å². The van der Waals surface area contributed by atoms with Crippen molar-refractivity contribution in [1.29, 1.82) is 0 Å². The average molecular weight is 468 g/mol. The number of carbonyl (C=O) groups excluding carboxylic acids is 1. The van der Waals surface area contributed by atoms with Crippen molar-refractivity contribution >= 4 is 56.7 Å². The molecule has 30 heavy (non-hydrogen) atoms. The van der Waals surface area contributed by atoms with Gasteiger partial charge in [0.25, 0.3) is 0 Å². The van der Waals surface area contributed by atoms with Crippen LogP contribution in [0.1, 0.15) is 15.9 Å². The van der Waals surface area contributed by atoms with Gasteiger partial charge in [0.2, 0.25) is 11.3 Å². The Morgan fingerprint density at radius 2 is 1.70 bits per heavy atom. The number of benzene rings is 2. The van der Waals surface area contributed by atoms with E-state index in [1.54, 1.807) is 30.5 Å². The molecule has 0 radical (unpaired) electrons. The summed E-state index contributed by atoms with van der Waals surface area (Å²) in [4.78, 5) is 20.2. The maximum absolute atomic E-state index is 11.5. The predicted molar refractivity (Wildman–Crippen MR) is 114 cm³/mol. The summed E-state index contributed by atoms with van der Waals surface area (Å²) in [5.41, 5.74) is 5.39. The highest BCUT2D eigenvalue weighted by Crippen LogP contribution is 2.24. The van der Waals surface area contributed by atoms with Crippen LogP contribution in [0.25, 0.3) is 11.3 Å². The highest BCUT2D eigenvalue weighted by Gasteiger charge is 2.13. The number of hydrogen-bond acceptors (Lipinski definition) is 10. The molecule has 2 aromatic heterocycles. The van der Waals surface area contributed by atoms with E-state index in [1.807, 2.05) is 24.3 Å². The monoisotopic (exact) mass is 467 g/mol. The summed E-state index contributed by atoms with van der Waals surface area (Å²) in [6.45, 7) is 0. The molecule has 0 fully saturated rings. The lowest BCUT2D eigenvalue weighted by molar-refractivity contribution is 0.0600. The van der Waals surface area contributed by atoms with Crippen LogP contribution in [0.5, 0.6) is 0 Å². The second-order valence-corrected chi connectivity index (χ2v) is 6.86. The SMILES string of the molecule is COC(=O)c1ccc(/C=N/Nc2nc3nonc3nc2Nc2ccc(Br)cc2)cc1. The maximum atomic E-state index is 11.5. The fourth-order valence-corrected chi connectivity index (χ4v) is 2.73. The first-order chi connectivity index (χ1) is 14.6. The molecule has 0 saturated heterocycles. The summed E-state index contributed by atoms with van der Waals surface area (Å²) in [5.74, 6) is 0.340. The molecule has 0 aliphatic rings. The lowest BCUT2D eigenvalue weighted by Crippen LogP contribution is -2.03.